The summed E-state index contributed by atoms with van der Waals surface area (Å²) in [6, 6.07) is 13.4. The second-order valence-corrected chi connectivity index (χ2v) is 9.16. The molecule has 1 aromatic heterocycles. The Bertz CT molecular complexity index is 1040. The molecular formula is C23H26N2O4S. The van der Waals surface area contributed by atoms with Crippen molar-refractivity contribution in [3.63, 3.8) is 0 Å². The van der Waals surface area contributed by atoms with E-state index in [1.54, 1.807) is 23.5 Å². The molecule has 158 valence electrons. The topological polar surface area (TPSA) is 68.7 Å². The average molecular weight is 427 g/mol. The molecule has 0 saturated heterocycles. The fourth-order valence-electron chi connectivity index (χ4n) is 2.89. The van der Waals surface area contributed by atoms with Crippen molar-refractivity contribution in [1.82, 2.24) is 4.98 Å². The number of anilines is 1. The molecule has 0 radical (unpaired) electrons. The van der Waals surface area contributed by atoms with Gasteiger partial charge in [-0.15, -0.1) is 11.3 Å². The highest BCUT2D eigenvalue weighted by atomic mass is 32.1. The average Bonchev–Trinajstić information content (AvgIpc) is 3.12. The molecule has 2 aromatic carbocycles. The van der Waals surface area contributed by atoms with Crippen LogP contribution in [0, 0.1) is 12.3 Å². The van der Waals surface area contributed by atoms with E-state index >= 15 is 0 Å². The van der Waals surface area contributed by atoms with Gasteiger partial charge in [0.1, 0.15) is 17.4 Å². The van der Waals surface area contributed by atoms with Crippen molar-refractivity contribution in [1.29, 1.82) is 0 Å². The first-order valence-corrected chi connectivity index (χ1v) is 10.5. The number of ether oxygens (including phenoxy) is 2. The number of para-hydroxylation sites is 1. The number of fused-ring (bicyclic) bond motifs is 1. The Kier molecular flexibility index (Phi) is 6.41. The lowest BCUT2D eigenvalue weighted by Crippen LogP contribution is -2.40. The lowest BCUT2D eigenvalue weighted by atomic mass is 9.90. The number of nitrogens with zero attached hydrogens (tertiary/aromatic N) is 2. The van der Waals surface area contributed by atoms with E-state index in [1.165, 1.54) is 12.0 Å². The van der Waals surface area contributed by atoms with Crippen LogP contribution in [0.2, 0.25) is 0 Å². The quantitative estimate of drug-likeness (QED) is 0.530. The van der Waals surface area contributed by atoms with Gasteiger partial charge in [0.25, 0.3) is 0 Å². The second kappa shape index (κ2) is 8.83. The van der Waals surface area contributed by atoms with Gasteiger partial charge in [0.15, 0.2) is 5.78 Å². The van der Waals surface area contributed by atoms with Crippen LogP contribution in [0.15, 0.2) is 42.5 Å². The van der Waals surface area contributed by atoms with E-state index in [0.717, 1.165) is 20.8 Å². The molecule has 0 N–H and O–H groups in total. The van der Waals surface area contributed by atoms with Crippen LogP contribution in [-0.4, -0.2) is 30.5 Å². The zero-order chi connectivity index (χ0) is 21.9. The van der Waals surface area contributed by atoms with Gasteiger partial charge in [0, 0.05) is 5.41 Å². The van der Waals surface area contributed by atoms with Crippen LogP contribution in [0.4, 0.5) is 10.5 Å². The van der Waals surface area contributed by atoms with E-state index in [4.69, 9.17) is 9.47 Å². The molecule has 0 fully saturated rings. The minimum absolute atomic E-state index is 0.0523. The number of carbonyl (C=O) groups is 2. The number of carbonyl (C=O) groups excluding carboxylic acids is 2. The van der Waals surface area contributed by atoms with Crippen LogP contribution in [0.5, 0.6) is 5.75 Å². The predicted octanol–water partition coefficient (Wildman–Crippen LogP) is 5.37. The maximum atomic E-state index is 12.5. The lowest BCUT2D eigenvalue weighted by Gasteiger charge is -2.26. The minimum atomic E-state index is -0.571. The molecule has 0 aliphatic carbocycles. The molecule has 3 rings (SSSR count). The van der Waals surface area contributed by atoms with Crippen LogP contribution in [-0.2, 0) is 16.1 Å². The van der Waals surface area contributed by atoms with E-state index in [1.807, 2.05) is 58.0 Å². The van der Waals surface area contributed by atoms with Gasteiger partial charge in [-0.05, 0) is 42.8 Å². The fourth-order valence-corrected chi connectivity index (χ4v) is 3.77. The Morgan fingerprint density at radius 1 is 1.13 bits per heavy atom. The molecule has 1 amide bonds. The number of ketones is 1. The zero-order valence-corrected chi connectivity index (χ0v) is 18.7. The molecular weight excluding hydrogens is 400 g/mol. The van der Waals surface area contributed by atoms with Crippen molar-refractivity contribution >= 4 is 39.1 Å². The van der Waals surface area contributed by atoms with Gasteiger partial charge in [-0.3, -0.25) is 9.69 Å². The van der Waals surface area contributed by atoms with Gasteiger partial charge in [-0.2, -0.15) is 0 Å². The first-order chi connectivity index (χ1) is 14.2. The number of thiazole rings is 1. The van der Waals surface area contributed by atoms with Crippen molar-refractivity contribution in [3.05, 3.63) is 53.0 Å². The maximum absolute atomic E-state index is 12.5. The summed E-state index contributed by atoms with van der Waals surface area (Å²) in [5.41, 5.74) is 1.83. The van der Waals surface area contributed by atoms with Gasteiger partial charge < -0.3 is 9.47 Å². The van der Waals surface area contributed by atoms with Gasteiger partial charge in [-0.25, -0.2) is 9.78 Å². The zero-order valence-electron chi connectivity index (χ0n) is 17.9. The minimum Gasteiger partial charge on any atom is -0.486 e. The molecule has 0 saturated carbocycles. The first kappa shape index (κ1) is 21.8. The van der Waals surface area contributed by atoms with Crippen LogP contribution in [0.3, 0.4) is 0 Å². The Morgan fingerprint density at radius 2 is 1.87 bits per heavy atom. The van der Waals surface area contributed by atoms with E-state index < -0.39 is 11.5 Å². The number of rotatable bonds is 6. The number of methoxy groups -OCH3 is 1. The third-order valence-corrected chi connectivity index (χ3v) is 5.70. The molecule has 30 heavy (non-hydrogen) atoms. The number of aryl methyl sites for hydroxylation is 1. The number of benzene rings is 2. The molecule has 0 aliphatic heterocycles. The number of hydrogen-bond acceptors (Lipinski definition) is 6. The normalized spacial score (nSPS) is 11.4. The first-order valence-electron chi connectivity index (χ1n) is 9.65. The summed E-state index contributed by atoms with van der Waals surface area (Å²) in [5.74, 6) is 0.617. The Labute approximate surface area is 180 Å². The standard InChI is InChI=1S/C23H26N2O4S/c1-15-12-16(29-14-21-24-17-8-6-7-9-19(17)30-21)10-11-18(15)25(22(27)28-5)13-20(26)23(2,3)4/h6-12H,13-14H2,1-5H3. The van der Waals surface area contributed by atoms with Crippen molar-refractivity contribution in [3.8, 4) is 5.75 Å². The van der Waals surface area contributed by atoms with Crippen molar-refractivity contribution in [2.45, 2.75) is 34.3 Å². The highest BCUT2D eigenvalue weighted by Crippen LogP contribution is 2.28. The summed E-state index contributed by atoms with van der Waals surface area (Å²) in [6.07, 6.45) is -0.571. The number of aromatic nitrogens is 1. The maximum Gasteiger partial charge on any atom is 0.414 e. The largest absolute Gasteiger partial charge is 0.486 e. The van der Waals surface area contributed by atoms with E-state index in [0.29, 0.717) is 18.0 Å². The van der Waals surface area contributed by atoms with Gasteiger partial charge in [-0.1, -0.05) is 32.9 Å². The summed E-state index contributed by atoms with van der Waals surface area (Å²) in [7, 11) is 1.31. The number of hydrogen-bond donors (Lipinski definition) is 0. The van der Waals surface area contributed by atoms with E-state index in [9.17, 15) is 9.59 Å². The monoisotopic (exact) mass is 426 g/mol. The molecule has 7 heteroatoms. The molecule has 0 aliphatic rings. The summed E-state index contributed by atoms with van der Waals surface area (Å²) in [6.45, 7) is 7.67. The summed E-state index contributed by atoms with van der Waals surface area (Å²) in [5, 5.41) is 0.893. The SMILES string of the molecule is COC(=O)N(CC(=O)C(C)(C)C)c1ccc(OCc2nc3ccccc3s2)cc1C. The van der Waals surface area contributed by atoms with Crippen molar-refractivity contribution in [2.24, 2.45) is 5.41 Å². The summed E-state index contributed by atoms with van der Waals surface area (Å²) in [4.78, 5) is 30.8. The Morgan fingerprint density at radius 3 is 2.50 bits per heavy atom. The molecule has 0 spiro atoms. The second-order valence-electron chi connectivity index (χ2n) is 8.04. The summed E-state index contributed by atoms with van der Waals surface area (Å²) < 4.78 is 11.9. The fraction of sp³-hybridized carbons (Fsp3) is 0.348. The Balaban J connectivity index is 1.76. The summed E-state index contributed by atoms with van der Waals surface area (Å²) >= 11 is 1.60. The van der Waals surface area contributed by atoms with Crippen LogP contribution >= 0.6 is 11.3 Å². The molecule has 0 bridgehead atoms. The van der Waals surface area contributed by atoms with Gasteiger partial charge in [0.2, 0.25) is 0 Å². The van der Waals surface area contributed by atoms with Gasteiger partial charge in [0.05, 0.1) is 29.6 Å². The highest BCUT2D eigenvalue weighted by Gasteiger charge is 2.28. The van der Waals surface area contributed by atoms with Crippen LogP contribution in [0.25, 0.3) is 10.2 Å². The van der Waals surface area contributed by atoms with Crippen molar-refractivity contribution < 1.29 is 19.1 Å². The molecule has 0 atom stereocenters. The van der Waals surface area contributed by atoms with E-state index in [-0.39, 0.29) is 12.3 Å². The lowest BCUT2D eigenvalue weighted by molar-refractivity contribution is -0.124. The van der Waals surface area contributed by atoms with Gasteiger partial charge >= 0.3 is 6.09 Å². The van der Waals surface area contributed by atoms with E-state index in [2.05, 4.69) is 4.98 Å². The smallest absolute Gasteiger partial charge is 0.414 e. The molecule has 0 unspecified atom stereocenters. The highest BCUT2D eigenvalue weighted by molar-refractivity contribution is 7.18. The third kappa shape index (κ3) is 4.97. The van der Waals surface area contributed by atoms with Crippen LogP contribution in [0.1, 0.15) is 31.3 Å². The third-order valence-electron chi connectivity index (χ3n) is 4.69. The number of Topliss-reactive ketones (excluding diaryl/α,β-unsaturated/α-hetero) is 1. The predicted molar refractivity (Wildman–Crippen MR) is 119 cm³/mol. The Hall–Kier alpha value is -2.93. The number of amides is 1. The molecule has 6 nitrogen and oxygen atoms in total. The molecule has 1 heterocycles. The molecule has 3 aromatic rings. The van der Waals surface area contributed by atoms with Crippen molar-refractivity contribution in [2.75, 3.05) is 18.6 Å². The van der Waals surface area contributed by atoms with Crippen LogP contribution < -0.4 is 9.64 Å².